The van der Waals surface area contributed by atoms with Gasteiger partial charge in [0.2, 0.25) is 0 Å². The van der Waals surface area contributed by atoms with Gasteiger partial charge in [-0.15, -0.1) is 0 Å². The number of aromatic nitrogens is 3. The second-order valence-corrected chi connectivity index (χ2v) is 6.76. The summed E-state index contributed by atoms with van der Waals surface area (Å²) in [6, 6.07) is 13.7. The summed E-state index contributed by atoms with van der Waals surface area (Å²) < 4.78 is 19.6. The highest BCUT2D eigenvalue weighted by atomic mass is 19.1. The molecule has 0 spiro atoms. The van der Waals surface area contributed by atoms with Crippen molar-refractivity contribution in [2.24, 2.45) is 0 Å². The summed E-state index contributed by atoms with van der Waals surface area (Å²) in [6.45, 7) is -0.190. The second kappa shape index (κ2) is 8.74. The fourth-order valence-electron chi connectivity index (χ4n) is 3.16. The van der Waals surface area contributed by atoms with Crippen molar-refractivity contribution in [1.29, 1.82) is 0 Å². The first-order valence-electron chi connectivity index (χ1n) is 9.61. The summed E-state index contributed by atoms with van der Waals surface area (Å²) in [6.07, 6.45) is 3.39. The Balaban J connectivity index is 1.77. The monoisotopic (exact) mass is 417 g/mol. The molecular formula is C23H20FN5O2. The number of pyridine rings is 1. The molecule has 0 unspecified atom stereocenters. The summed E-state index contributed by atoms with van der Waals surface area (Å²) in [7, 11) is 3.31. The third-order valence-electron chi connectivity index (χ3n) is 4.71. The normalized spacial score (nSPS) is 10.7. The lowest BCUT2D eigenvalue weighted by molar-refractivity contribution is -0.122. The lowest BCUT2D eigenvalue weighted by Gasteiger charge is -2.11. The van der Waals surface area contributed by atoms with Crippen molar-refractivity contribution in [3.63, 3.8) is 0 Å². The number of fused-ring (bicyclic) bond motifs is 1. The van der Waals surface area contributed by atoms with Crippen molar-refractivity contribution in [1.82, 2.24) is 20.3 Å². The number of nitrogens with zero attached hydrogens (tertiary/aromatic N) is 3. The maximum atomic E-state index is 14.2. The smallest absolute Gasteiger partial charge is 0.257 e. The molecule has 2 aromatic carbocycles. The van der Waals surface area contributed by atoms with E-state index in [0.717, 1.165) is 16.5 Å². The number of carbonyl (C=O) groups excluding carboxylic acids is 1. The van der Waals surface area contributed by atoms with Crippen molar-refractivity contribution in [2.45, 2.75) is 0 Å². The van der Waals surface area contributed by atoms with Crippen molar-refractivity contribution < 1.29 is 13.9 Å². The highest BCUT2D eigenvalue weighted by Crippen LogP contribution is 2.31. The van der Waals surface area contributed by atoms with Crippen LogP contribution in [0.4, 0.5) is 10.2 Å². The Kier molecular flexibility index (Phi) is 5.70. The molecule has 1 amide bonds. The van der Waals surface area contributed by atoms with Gasteiger partial charge in [-0.2, -0.15) is 0 Å². The third kappa shape index (κ3) is 4.42. The zero-order chi connectivity index (χ0) is 21.8. The molecule has 0 aliphatic heterocycles. The molecule has 0 atom stereocenters. The summed E-state index contributed by atoms with van der Waals surface area (Å²) in [4.78, 5) is 24.8. The lowest BCUT2D eigenvalue weighted by Crippen LogP contribution is -2.24. The fourth-order valence-corrected chi connectivity index (χ4v) is 3.16. The van der Waals surface area contributed by atoms with E-state index < -0.39 is 5.82 Å². The third-order valence-corrected chi connectivity index (χ3v) is 4.71. The number of likely N-dealkylation sites (N-methyl/N-ethyl adjacent to an activating group) is 1. The first kappa shape index (κ1) is 20.2. The van der Waals surface area contributed by atoms with E-state index in [1.807, 2.05) is 30.3 Å². The van der Waals surface area contributed by atoms with E-state index in [1.165, 1.54) is 19.2 Å². The number of nitrogens with one attached hydrogen (secondary N) is 2. The van der Waals surface area contributed by atoms with Crippen LogP contribution >= 0.6 is 0 Å². The highest BCUT2D eigenvalue weighted by molar-refractivity contribution is 5.93. The zero-order valence-corrected chi connectivity index (χ0v) is 17.0. The minimum atomic E-state index is -0.459. The van der Waals surface area contributed by atoms with E-state index in [9.17, 15) is 9.18 Å². The molecule has 0 saturated carbocycles. The lowest BCUT2D eigenvalue weighted by atomic mass is 10.0. The summed E-state index contributed by atoms with van der Waals surface area (Å²) >= 11 is 0. The highest BCUT2D eigenvalue weighted by Gasteiger charge is 2.12. The van der Waals surface area contributed by atoms with Crippen LogP contribution in [0.1, 0.15) is 0 Å². The van der Waals surface area contributed by atoms with Crippen LogP contribution in [-0.4, -0.2) is 41.6 Å². The molecule has 2 heterocycles. The van der Waals surface area contributed by atoms with E-state index in [0.29, 0.717) is 22.7 Å². The van der Waals surface area contributed by atoms with Gasteiger partial charge in [0.25, 0.3) is 5.91 Å². The van der Waals surface area contributed by atoms with Gasteiger partial charge in [-0.3, -0.25) is 9.78 Å². The van der Waals surface area contributed by atoms with E-state index in [4.69, 9.17) is 4.74 Å². The van der Waals surface area contributed by atoms with Crippen LogP contribution in [0.25, 0.3) is 33.4 Å². The van der Waals surface area contributed by atoms with Crippen LogP contribution in [0, 0.1) is 5.82 Å². The van der Waals surface area contributed by atoms with Crippen LogP contribution < -0.4 is 15.4 Å². The van der Waals surface area contributed by atoms with Gasteiger partial charge < -0.3 is 15.4 Å². The number of hydrogen-bond acceptors (Lipinski definition) is 6. The molecule has 0 radical (unpaired) electrons. The Labute approximate surface area is 178 Å². The van der Waals surface area contributed by atoms with Crippen molar-refractivity contribution in [3.8, 4) is 28.3 Å². The average Bonchev–Trinajstić information content (AvgIpc) is 2.81. The minimum Gasteiger partial charge on any atom is -0.484 e. The number of anilines is 1. The van der Waals surface area contributed by atoms with Crippen LogP contribution in [0.5, 0.6) is 5.75 Å². The van der Waals surface area contributed by atoms with E-state index in [-0.39, 0.29) is 18.3 Å². The van der Waals surface area contributed by atoms with E-state index in [2.05, 4.69) is 25.6 Å². The Bertz CT molecular complexity index is 1250. The molecule has 0 saturated heterocycles. The molecule has 0 bridgehead atoms. The fraction of sp³-hybridized carbons (Fsp3) is 0.130. The van der Waals surface area contributed by atoms with Crippen LogP contribution in [0.3, 0.4) is 0 Å². The Hall–Kier alpha value is -4.07. The number of hydrogen-bond donors (Lipinski definition) is 2. The molecule has 0 aliphatic rings. The zero-order valence-electron chi connectivity index (χ0n) is 17.0. The SMILES string of the molecule is CNC(=O)COc1cc(F)cc(-c2ccc3c(NC)nc(-c4cccnc4)nc3c2)c1. The van der Waals surface area contributed by atoms with Crippen molar-refractivity contribution in [3.05, 3.63) is 66.7 Å². The molecule has 0 aliphatic carbocycles. The summed E-state index contributed by atoms with van der Waals surface area (Å²) in [5.74, 6) is 0.739. The van der Waals surface area contributed by atoms with Gasteiger partial charge in [0.05, 0.1) is 5.52 Å². The first-order chi connectivity index (χ1) is 15.1. The number of benzene rings is 2. The standard InChI is InChI=1S/C23H20FN5O2/c1-25-21(30)13-31-18-9-16(8-17(24)11-18)14-5-6-19-20(10-14)28-22(29-23(19)26-2)15-4-3-7-27-12-15/h3-12H,13H2,1-2H3,(H,25,30)(H,26,28,29). The van der Waals surface area contributed by atoms with Crippen LogP contribution in [0.15, 0.2) is 60.9 Å². The maximum absolute atomic E-state index is 14.2. The molecule has 31 heavy (non-hydrogen) atoms. The van der Waals surface area contributed by atoms with Gasteiger partial charge >= 0.3 is 0 Å². The van der Waals surface area contributed by atoms with Gasteiger partial charge in [-0.05, 0) is 47.5 Å². The van der Waals surface area contributed by atoms with Gasteiger partial charge in [0.15, 0.2) is 12.4 Å². The molecule has 2 aromatic heterocycles. The summed E-state index contributed by atoms with van der Waals surface area (Å²) in [5.41, 5.74) is 2.87. The van der Waals surface area contributed by atoms with Gasteiger partial charge in [-0.1, -0.05) is 6.07 Å². The van der Waals surface area contributed by atoms with Gasteiger partial charge in [0, 0.05) is 43.5 Å². The van der Waals surface area contributed by atoms with Crippen LogP contribution in [0.2, 0.25) is 0 Å². The largest absolute Gasteiger partial charge is 0.484 e. The minimum absolute atomic E-state index is 0.190. The molecule has 8 heteroatoms. The molecule has 7 nitrogen and oxygen atoms in total. The van der Waals surface area contributed by atoms with E-state index in [1.54, 1.807) is 25.5 Å². The Morgan fingerprint density at radius 3 is 2.65 bits per heavy atom. The van der Waals surface area contributed by atoms with Crippen molar-refractivity contribution in [2.75, 3.05) is 26.0 Å². The number of carbonyl (C=O) groups is 1. The number of ether oxygens (including phenoxy) is 1. The van der Waals surface area contributed by atoms with Crippen LogP contribution in [-0.2, 0) is 4.79 Å². The molecule has 2 N–H and O–H groups in total. The quantitative estimate of drug-likeness (QED) is 0.498. The molecule has 0 fully saturated rings. The Morgan fingerprint density at radius 1 is 1.03 bits per heavy atom. The number of rotatable bonds is 6. The topological polar surface area (TPSA) is 89.0 Å². The van der Waals surface area contributed by atoms with Gasteiger partial charge in [-0.25, -0.2) is 14.4 Å². The second-order valence-electron chi connectivity index (χ2n) is 6.76. The van der Waals surface area contributed by atoms with Gasteiger partial charge in [0.1, 0.15) is 17.4 Å². The molecular weight excluding hydrogens is 397 g/mol. The molecule has 156 valence electrons. The Morgan fingerprint density at radius 2 is 1.90 bits per heavy atom. The first-order valence-corrected chi connectivity index (χ1v) is 9.61. The summed E-state index contributed by atoms with van der Waals surface area (Å²) in [5, 5.41) is 6.40. The predicted molar refractivity (Wildman–Crippen MR) is 117 cm³/mol. The average molecular weight is 417 g/mol. The number of amides is 1. The maximum Gasteiger partial charge on any atom is 0.257 e. The molecule has 4 rings (SSSR count). The molecule has 4 aromatic rings. The predicted octanol–water partition coefficient (Wildman–Crippen LogP) is 3.66. The van der Waals surface area contributed by atoms with E-state index >= 15 is 0 Å². The van der Waals surface area contributed by atoms with Crippen molar-refractivity contribution >= 4 is 22.6 Å². The number of halogens is 1.